The molecule has 0 bridgehead atoms. The van der Waals surface area contributed by atoms with Crippen LogP contribution in [0.4, 0.5) is 18.9 Å². The van der Waals surface area contributed by atoms with E-state index in [1.54, 1.807) is 0 Å². The Morgan fingerprint density at radius 2 is 2.00 bits per heavy atom. The zero-order chi connectivity index (χ0) is 13.7. The fraction of sp³-hybridized carbons (Fsp3) is 0.538. The number of alkyl halides is 3. The second-order valence-corrected chi connectivity index (χ2v) is 4.46. The lowest BCUT2D eigenvalue weighted by atomic mass is 10.1. The highest BCUT2D eigenvalue weighted by atomic mass is 35.5. The first-order chi connectivity index (χ1) is 9.06. The van der Waals surface area contributed by atoms with Crippen LogP contribution in [0.15, 0.2) is 24.3 Å². The third kappa shape index (κ3) is 5.19. The van der Waals surface area contributed by atoms with Crippen molar-refractivity contribution >= 4 is 18.1 Å². The number of nitrogens with one attached hydrogen (secondary N) is 1. The van der Waals surface area contributed by atoms with Gasteiger partial charge in [0.15, 0.2) is 0 Å². The number of fused-ring (bicyclic) bond motifs is 1. The van der Waals surface area contributed by atoms with Crippen molar-refractivity contribution in [2.24, 2.45) is 0 Å². The molecule has 0 amide bonds. The van der Waals surface area contributed by atoms with Gasteiger partial charge in [0.1, 0.15) is 6.61 Å². The molecule has 1 heterocycles. The van der Waals surface area contributed by atoms with Crippen LogP contribution < -0.4 is 10.2 Å². The molecule has 0 spiro atoms. The molecule has 3 nitrogen and oxygen atoms in total. The SMILES string of the molecule is Cl.FC(F)(F)COCCN1CCNCc2ccccc21. The van der Waals surface area contributed by atoms with Gasteiger partial charge >= 0.3 is 6.18 Å². The number of benzene rings is 1. The largest absolute Gasteiger partial charge is 0.411 e. The third-order valence-corrected chi connectivity index (χ3v) is 2.98. The fourth-order valence-electron chi connectivity index (χ4n) is 2.12. The molecule has 0 saturated carbocycles. The highest BCUT2D eigenvalue weighted by molar-refractivity contribution is 5.85. The third-order valence-electron chi connectivity index (χ3n) is 2.98. The molecule has 1 aromatic rings. The Hall–Kier alpha value is -0.980. The highest BCUT2D eigenvalue weighted by Crippen LogP contribution is 2.21. The van der Waals surface area contributed by atoms with Gasteiger partial charge in [-0.2, -0.15) is 13.2 Å². The van der Waals surface area contributed by atoms with Crippen LogP contribution in [-0.4, -0.2) is 39.0 Å². The first kappa shape index (κ1) is 17.1. The van der Waals surface area contributed by atoms with E-state index >= 15 is 0 Å². The summed E-state index contributed by atoms with van der Waals surface area (Å²) in [4.78, 5) is 2.06. The number of para-hydroxylation sites is 1. The first-order valence-electron chi connectivity index (χ1n) is 6.24. The Balaban J connectivity index is 0.00000200. The molecule has 0 fully saturated rings. The zero-order valence-electron chi connectivity index (χ0n) is 10.9. The standard InChI is InChI=1S/C13H17F3N2O.ClH/c14-13(15,16)10-19-8-7-18-6-5-17-9-11-3-1-2-4-12(11)18;/h1-4,17H,5-10H2;1H. The van der Waals surface area contributed by atoms with Crippen molar-refractivity contribution in [2.75, 3.05) is 37.7 Å². The number of halogens is 4. The topological polar surface area (TPSA) is 24.5 Å². The molecule has 2 rings (SSSR count). The lowest BCUT2D eigenvalue weighted by Crippen LogP contribution is -2.32. The summed E-state index contributed by atoms with van der Waals surface area (Å²) >= 11 is 0. The Morgan fingerprint density at radius 1 is 1.25 bits per heavy atom. The summed E-state index contributed by atoms with van der Waals surface area (Å²) in [6.07, 6.45) is -4.25. The number of anilines is 1. The van der Waals surface area contributed by atoms with E-state index in [1.807, 2.05) is 24.3 Å². The van der Waals surface area contributed by atoms with Gasteiger partial charge in [-0.25, -0.2) is 0 Å². The van der Waals surface area contributed by atoms with Crippen LogP contribution in [0.3, 0.4) is 0 Å². The van der Waals surface area contributed by atoms with Gasteiger partial charge < -0.3 is 15.0 Å². The van der Waals surface area contributed by atoms with Crippen LogP contribution in [0.1, 0.15) is 5.56 Å². The van der Waals surface area contributed by atoms with Gasteiger partial charge in [0, 0.05) is 31.9 Å². The average Bonchev–Trinajstić information content (AvgIpc) is 2.56. The van der Waals surface area contributed by atoms with Crippen molar-refractivity contribution in [1.29, 1.82) is 0 Å². The van der Waals surface area contributed by atoms with Crippen molar-refractivity contribution in [3.05, 3.63) is 29.8 Å². The van der Waals surface area contributed by atoms with Crippen LogP contribution in [0.2, 0.25) is 0 Å². The van der Waals surface area contributed by atoms with Crippen molar-refractivity contribution in [1.82, 2.24) is 5.32 Å². The van der Waals surface area contributed by atoms with Gasteiger partial charge in [0.05, 0.1) is 6.61 Å². The van der Waals surface area contributed by atoms with Gasteiger partial charge in [0.25, 0.3) is 0 Å². The average molecular weight is 311 g/mol. The highest BCUT2D eigenvalue weighted by Gasteiger charge is 2.27. The summed E-state index contributed by atoms with van der Waals surface area (Å²) in [5.74, 6) is 0. The quantitative estimate of drug-likeness (QED) is 0.865. The van der Waals surface area contributed by atoms with E-state index in [0.717, 1.165) is 30.9 Å². The zero-order valence-corrected chi connectivity index (χ0v) is 11.8. The number of ether oxygens (including phenoxy) is 1. The second kappa shape index (κ2) is 7.71. The van der Waals surface area contributed by atoms with Gasteiger partial charge in [-0.15, -0.1) is 12.4 Å². The number of hydrogen-bond acceptors (Lipinski definition) is 3. The van der Waals surface area contributed by atoms with Crippen LogP contribution in [-0.2, 0) is 11.3 Å². The number of rotatable bonds is 4. The molecule has 0 radical (unpaired) electrons. The van der Waals surface area contributed by atoms with Crippen molar-refractivity contribution in [2.45, 2.75) is 12.7 Å². The number of nitrogens with zero attached hydrogens (tertiary/aromatic N) is 1. The van der Waals surface area contributed by atoms with E-state index in [4.69, 9.17) is 0 Å². The Morgan fingerprint density at radius 3 is 2.75 bits per heavy atom. The second-order valence-electron chi connectivity index (χ2n) is 4.46. The predicted octanol–water partition coefficient (Wildman–Crippen LogP) is 2.60. The van der Waals surface area contributed by atoms with E-state index in [2.05, 4.69) is 15.0 Å². The van der Waals surface area contributed by atoms with Gasteiger partial charge in [-0.05, 0) is 11.6 Å². The molecule has 0 aromatic heterocycles. The van der Waals surface area contributed by atoms with Gasteiger partial charge in [-0.1, -0.05) is 18.2 Å². The molecule has 0 aliphatic carbocycles. The monoisotopic (exact) mass is 310 g/mol. The lowest BCUT2D eigenvalue weighted by molar-refractivity contribution is -0.173. The molecule has 114 valence electrons. The summed E-state index contributed by atoms with van der Waals surface area (Å²) < 4.78 is 40.6. The lowest BCUT2D eigenvalue weighted by Gasteiger charge is -2.24. The van der Waals surface area contributed by atoms with Crippen LogP contribution >= 0.6 is 12.4 Å². The minimum Gasteiger partial charge on any atom is -0.370 e. The molecule has 0 unspecified atom stereocenters. The Labute approximate surface area is 122 Å². The van der Waals surface area contributed by atoms with E-state index in [1.165, 1.54) is 0 Å². The molecule has 0 atom stereocenters. The molecule has 0 saturated heterocycles. The Kier molecular flexibility index (Phi) is 6.58. The maximum Gasteiger partial charge on any atom is 0.411 e. The first-order valence-corrected chi connectivity index (χ1v) is 6.24. The van der Waals surface area contributed by atoms with E-state index in [0.29, 0.717) is 6.54 Å². The van der Waals surface area contributed by atoms with Crippen molar-refractivity contribution in [3.63, 3.8) is 0 Å². The van der Waals surface area contributed by atoms with E-state index in [-0.39, 0.29) is 19.0 Å². The van der Waals surface area contributed by atoms with E-state index < -0.39 is 12.8 Å². The van der Waals surface area contributed by atoms with Gasteiger partial charge in [0.2, 0.25) is 0 Å². The summed E-state index contributed by atoms with van der Waals surface area (Å²) in [5, 5.41) is 3.29. The molecule has 1 aliphatic heterocycles. The summed E-state index contributed by atoms with van der Waals surface area (Å²) in [5.41, 5.74) is 2.24. The Bertz CT molecular complexity index is 415. The molecule has 1 N–H and O–H groups in total. The maximum atomic E-state index is 12.0. The summed E-state index contributed by atoms with van der Waals surface area (Å²) in [6, 6.07) is 7.92. The predicted molar refractivity (Wildman–Crippen MR) is 74.5 cm³/mol. The molecular formula is C13H18ClF3N2O. The fourth-order valence-corrected chi connectivity index (χ4v) is 2.12. The van der Waals surface area contributed by atoms with Crippen LogP contribution in [0.5, 0.6) is 0 Å². The summed E-state index contributed by atoms with van der Waals surface area (Å²) in [7, 11) is 0. The molecule has 1 aliphatic rings. The van der Waals surface area contributed by atoms with Crippen molar-refractivity contribution < 1.29 is 17.9 Å². The minimum atomic E-state index is -4.25. The van der Waals surface area contributed by atoms with E-state index in [9.17, 15) is 13.2 Å². The van der Waals surface area contributed by atoms with Gasteiger partial charge in [-0.3, -0.25) is 0 Å². The van der Waals surface area contributed by atoms with Crippen LogP contribution in [0, 0.1) is 0 Å². The van der Waals surface area contributed by atoms with Crippen LogP contribution in [0.25, 0.3) is 0 Å². The van der Waals surface area contributed by atoms with Crippen molar-refractivity contribution in [3.8, 4) is 0 Å². The summed E-state index contributed by atoms with van der Waals surface area (Å²) in [6.45, 7) is 1.74. The molecular weight excluding hydrogens is 293 g/mol. The smallest absolute Gasteiger partial charge is 0.370 e. The number of hydrogen-bond donors (Lipinski definition) is 1. The minimum absolute atomic E-state index is 0. The molecule has 1 aromatic carbocycles. The molecule has 20 heavy (non-hydrogen) atoms. The maximum absolute atomic E-state index is 12.0. The molecule has 7 heteroatoms. The normalized spacial score (nSPS) is 15.2.